The van der Waals surface area contributed by atoms with Gasteiger partial charge < -0.3 is 14.9 Å². The molecule has 58 valence electrons. The van der Waals surface area contributed by atoms with Crippen LogP contribution in [0.1, 0.15) is 12.8 Å². The number of rotatable bonds is 1. The molecule has 1 saturated heterocycles. The lowest BCUT2D eigenvalue weighted by atomic mass is 10.0. The molecule has 0 aromatic carbocycles. The first-order valence-electron chi connectivity index (χ1n) is 3.24. The van der Waals surface area contributed by atoms with Crippen LogP contribution in [0.15, 0.2) is 0 Å². The average Bonchev–Trinajstić information content (AvgIpc) is 1.88. The molecular formula is C6H10O4. The lowest BCUT2D eigenvalue weighted by Gasteiger charge is -2.21. The summed E-state index contributed by atoms with van der Waals surface area (Å²) in [4.78, 5) is 10.7. The second kappa shape index (κ2) is 2.98. The summed E-state index contributed by atoms with van der Waals surface area (Å²) in [5.74, 6) is -1.23. The number of esters is 1. The van der Waals surface area contributed by atoms with Gasteiger partial charge >= 0.3 is 5.97 Å². The Morgan fingerprint density at radius 3 is 2.70 bits per heavy atom. The highest BCUT2D eigenvalue weighted by atomic mass is 16.5. The van der Waals surface area contributed by atoms with E-state index in [4.69, 9.17) is 10.2 Å². The van der Waals surface area contributed by atoms with Crippen molar-refractivity contribution in [1.82, 2.24) is 0 Å². The fourth-order valence-electron chi connectivity index (χ4n) is 0.972. The number of hydrogen-bond donors (Lipinski definition) is 2. The molecule has 1 aliphatic rings. The fourth-order valence-corrected chi connectivity index (χ4v) is 0.972. The molecule has 4 nitrogen and oxygen atoms in total. The monoisotopic (exact) mass is 146 g/mol. The van der Waals surface area contributed by atoms with Gasteiger partial charge in [0, 0.05) is 0 Å². The van der Waals surface area contributed by atoms with Crippen molar-refractivity contribution in [2.75, 3.05) is 6.61 Å². The van der Waals surface area contributed by atoms with Crippen LogP contribution in [0.2, 0.25) is 0 Å². The van der Waals surface area contributed by atoms with E-state index in [2.05, 4.69) is 4.74 Å². The smallest absolute Gasteiger partial charge is 0.314 e. The summed E-state index contributed by atoms with van der Waals surface area (Å²) < 4.78 is 4.59. The molecule has 1 unspecified atom stereocenters. The molecule has 0 aromatic heterocycles. The van der Waals surface area contributed by atoms with E-state index in [1.165, 1.54) is 0 Å². The minimum absolute atomic E-state index is 0.405. The van der Waals surface area contributed by atoms with Crippen LogP contribution in [0.3, 0.4) is 0 Å². The Bertz CT molecular complexity index is 132. The predicted molar refractivity (Wildman–Crippen MR) is 31.9 cm³/mol. The standard InChI is InChI=1S/C6H10O4/c7-5(8)4-2-1-3-10-6(4)9/h4-5,7-8H,1-3H2. The largest absolute Gasteiger partial charge is 0.465 e. The maximum atomic E-state index is 10.7. The summed E-state index contributed by atoms with van der Waals surface area (Å²) in [7, 11) is 0. The van der Waals surface area contributed by atoms with Crippen molar-refractivity contribution in [2.45, 2.75) is 19.1 Å². The maximum Gasteiger partial charge on any atom is 0.314 e. The SMILES string of the molecule is O=C1OCCCC1C(O)O. The lowest BCUT2D eigenvalue weighted by molar-refractivity contribution is -0.171. The van der Waals surface area contributed by atoms with Crippen molar-refractivity contribution in [3.8, 4) is 0 Å². The maximum absolute atomic E-state index is 10.7. The molecule has 4 heteroatoms. The van der Waals surface area contributed by atoms with Crippen LogP contribution in [0.25, 0.3) is 0 Å². The minimum Gasteiger partial charge on any atom is -0.465 e. The van der Waals surface area contributed by atoms with Crippen LogP contribution >= 0.6 is 0 Å². The van der Waals surface area contributed by atoms with Crippen LogP contribution in [-0.4, -0.2) is 29.1 Å². The molecule has 0 aromatic rings. The predicted octanol–water partition coefficient (Wildman–Crippen LogP) is -0.750. The zero-order chi connectivity index (χ0) is 7.56. The van der Waals surface area contributed by atoms with Gasteiger partial charge in [0.2, 0.25) is 0 Å². The van der Waals surface area contributed by atoms with Gasteiger partial charge in [0.15, 0.2) is 6.29 Å². The molecule has 0 amide bonds. The van der Waals surface area contributed by atoms with E-state index < -0.39 is 18.2 Å². The molecule has 1 aliphatic heterocycles. The first-order chi connectivity index (χ1) is 4.72. The molecule has 0 radical (unpaired) electrons. The van der Waals surface area contributed by atoms with Crippen molar-refractivity contribution in [3.05, 3.63) is 0 Å². The van der Waals surface area contributed by atoms with E-state index in [0.717, 1.165) is 0 Å². The highest BCUT2D eigenvalue weighted by Gasteiger charge is 2.29. The molecule has 1 fully saturated rings. The summed E-state index contributed by atoms with van der Waals surface area (Å²) in [5, 5.41) is 17.2. The van der Waals surface area contributed by atoms with Gasteiger partial charge in [-0.3, -0.25) is 4.79 Å². The average molecular weight is 146 g/mol. The van der Waals surface area contributed by atoms with Crippen LogP contribution < -0.4 is 0 Å². The molecule has 2 N–H and O–H groups in total. The van der Waals surface area contributed by atoms with Crippen molar-refractivity contribution in [3.63, 3.8) is 0 Å². The molecule has 0 spiro atoms. The zero-order valence-electron chi connectivity index (χ0n) is 5.49. The number of ether oxygens (including phenoxy) is 1. The molecule has 0 saturated carbocycles. The Balaban J connectivity index is 2.48. The summed E-state index contributed by atoms with van der Waals surface area (Å²) in [6.45, 7) is 0.405. The van der Waals surface area contributed by atoms with Gasteiger partial charge in [-0.2, -0.15) is 0 Å². The molecule has 1 rings (SSSR count). The third-order valence-electron chi connectivity index (χ3n) is 1.57. The normalized spacial score (nSPS) is 26.7. The van der Waals surface area contributed by atoms with Crippen molar-refractivity contribution in [2.24, 2.45) is 5.92 Å². The highest BCUT2D eigenvalue weighted by Crippen LogP contribution is 2.17. The van der Waals surface area contributed by atoms with Crippen molar-refractivity contribution in [1.29, 1.82) is 0 Å². The summed E-state index contributed by atoms with van der Waals surface area (Å²) in [5.41, 5.74) is 0. The number of hydrogen-bond acceptors (Lipinski definition) is 4. The van der Waals surface area contributed by atoms with E-state index in [9.17, 15) is 4.79 Å². The Labute approximate surface area is 58.4 Å². The van der Waals surface area contributed by atoms with Gasteiger partial charge in [0.05, 0.1) is 6.61 Å². The first-order valence-corrected chi connectivity index (χ1v) is 3.24. The molecule has 1 atom stereocenters. The van der Waals surface area contributed by atoms with Crippen LogP contribution in [-0.2, 0) is 9.53 Å². The van der Waals surface area contributed by atoms with E-state index in [1.54, 1.807) is 0 Å². The van der Waals surface area contributed by atoms with Crippen LogP contribution in [0.5, 0.6) is 0 Å². The Hall–Kier alpha value is -0.610. The highest BCUT2D eigenvalue weighted by molar-refractivity contribution is 5.73. The number of cyclic esters (lactones) is 1. The fraction of sp³-hybridized carbons (Fsp3) is 0.833. The van der Waals surface area contributed by atoms with Crippen molar-refractivity contribution < 1.29 is 19.7 Å². The van der Waals surface area contributed by atoms with Gasteiger partial charge in [-0.25, -0.2) is 0 Å². The minimum atomic E-state index is -1.56. The molecule has 10 heavy (non-hydrogen) atoms. The van der Waals surface area contributed by atoms with Gasteiger partial charge in [-0.1, -0.05) is 0 Å². The Kier molecular flexibility index (Phi) is 2.24. The second-order valence-electron chi connectivity index (χ2n) is 2.33. The van der Waals surface area contributed by atoms with Crippen LogP contribution in [0, 0.1) is 5.92 Å². The third-order valence-corrected chi connectivity index (χ3v) is 1.57. The Morgan fingerprint density at radius 1 is 1.60 bits per heavy atom. The zero-order valence-corrected chi connectivity index (χ0v) is 5.49. The van der Waals surface area contributed by atoms with E-state index in [1.807, 2.05) is 0 Å². The molecule has 0 aliphatic carbocycles. The topological polar surface area (TPSA) is 66.8 Å². The van der Waals surface area contributed by atoms with Gasteiger partial charge in [-0.05, 0) is 12.8 Å². The first kappa shape index (κ1) is 7.50. The molecule has 0 bridgehead atoms. The summed E-state index contributed by atoms with van der Waals surface area (Å²) >= 11 is 0. The Morgan fingerprint density at radius 2 is 2.30 bits per heavy atom. The van der Waals surface area contributed by atoms with E-state index in [-0.39, 0.29) is 0 Å². The third kappa shape index (κ3) is 1.46. The number of aliphatic hydroxyl groups is 2. The number of carbonyl (C=O) groups excluding carboxylic acids is 1. The second-order valence-corrected chi connectivity index (χ2v) is 2.33. The summed E-state index contributed by atoms with van der Waals surface area (Å²) in [6.07, 6.45) is -0.336. The molecule has 1 heterocycles. The quantitative estimate of drug-likeness (QED) is 0.377. The van der Waals surface area contributed by atoms with Gasteiger partial charge in [-0.15, -0.1) is 0 Å². The number of carbonyl (C=O) groups is 1. The van der Waals surface area contributed by atoms with E-state index >= 15 is 0 Å². The van der Waals surface area contributed by atoms with Crippen molar-refractivity contribution >= 4 is 5.97 Å². The van der Waals surface area contributed by atoms with E-state index in [0.29, 0.717) is 19.4 Å². The van der Waals surface area contributed by atoms with Crippen LogP contribution in [0.4, 0.5) is 0 Å². The number of aliphatic hydroxyl groups excluding tert-OH is 1. The molecular weight excluding hydrogens is 136 g/mol. The lowest BCUT2D eigenvalue weighted by Crippen LogP contribution is -2.33. The summed E-state index contributed by atoms with van der Waals surface area (Å²) in [6, 6.07) is 0. The van der Waals surface area contributed by atoms with Gasteiger partial charge in [0.25, 0.3) is 0 Å². The van der Waals surface area contributed by atoms with Gasteiger partial charge in [0.1, 0.15) is 5.92 Å².